The number of aryl methyl sites for hydroxylation is 1. The van der Waals surface area contributed by atoms with Crippen molar-refractivity contribution in [1.29, 1.82) is 0 Å². The number of hydrogen-bond donors (Lipinski definition) is 1. The van der Waals surface area contributed by atoms with E-state index < -0.39 is 11.8 Å². The molecule has 0 amide bonds. The minimum absolute atomic E-state index is 0.000536. The van der Waals surface area contributed by atoms with Crippen LogP contribution in [-0.4, -0.2) is 11.1 Å². The summed E-state index contributed by atoms with van der Waals surface area (Å²) in [7, 11) is 0. The number of aliphatic carboxylic acids is 1. The second-order valence-electron chi connectivity index (χ2n) is 4.22. The molecule has 0 aliphatic heterocycles. The molecule has 1 N–H and O–H groups in total. The summed E-state index contributed by atoms with van der Waals surface area (Å²) >= 11 is 5.67. The second kappa shape index (κ2) is 6.39. The molecule has 2 rings (SSSR count). The molecule has 0 bridgehead atoms. The summed E-state index contributed by atoms with van der Waals surface area (Å²) in [4.78, 5) is 10.5. The van der Waals surface area contributed by atoms with Crippen LogP contribution in [0, 0.1) is 5.82 Å². The summed E-state index contributed by atoms with van der Waals surface area (Å²) in [5.41, 5.74) is 0.914. The van der Waals surface area contributed by atoms with Crippen molar-refractivity contribution in [3.63, 3.8) is 0 Å². The zero-order chi connectivity index (χ0) is 14.5. The largest absolute Gasteiger partial charge is 0.481 e. The number of carboxylic acid groups (broad SMARTS) is 1. The van der Waals surface area contributed by atoms with Gasteiger partial charge in [0.15, 0.2) is 0 Å². The van der Waals surface area contributed by atoms with Gasteiger partial charge in [0.05, 0.1) is 5.02 Å². The van der Waals surface area contributed by atoms with Crippen LogP contribution in [0.15, 0.2) is 42.5 Å². The molecule has 0 saturated carbocycles. The standard InChI is InChI=1S/C15H12ClFO3/c16-13-9-12(6-7-14(13)17)20-11-4-1-10(2-5-11)3-8-15(18)19/h1-2,4-7,9H,3,8H2,(H,18,19). The Morgan fingerprint density at radius 2 is 1.80 bits per heavy atom. The van der Waals surface area contributed by atoms with Gasteiger partial charge in [-0.25, -0.2) is 4.39 Å². The van der Waals surface area contributed by atoms with E-state index >= 15 is 0 Å². The number of hydrogen-bond acceptors (Lipinski definition) is 2. The highest BCUT2D eigenvalue weighted by molar-refractivity contribution is 6.30. The number of carboxylic acids is 1. The molecule has 0 aliphatic carbocycles. The number of ether oxygens (including phenoxy) is 1. The van der Waals surface area contributed by atoms with Crippen LogP contribution in [-0.2, 0) is 11.2 Å². The summed E-state index contributed by atoms with van der Waals surface area (Å²) in [6.45, 7) is 0. The maximum atomic E-state index is 13.0. The number of carbonyl (C=O) groups is 1. The molecule has 0 fully saturated rings. The average Bonchev–Trinajstić information content (AvgIpc) is 2.42. The van der Waals surface area contributed by atoms with Crippen LogP contribution in [0.25, 0.3) is 0 Å². The first kappa shape index (κ1) is 14.3. The van der Waals surface area contributed by atoms with E-state index in [-0.39, 0.29) is 11.4 Å². The van der Waals surface area contributed by atoms with Gasteiger partial charge in [-0.2, -0.15) is 0 Å². The Bertz CT molecular complexity index is 611. The van der Waals surface area contributed by atoms with Crippen molar-refractivity contribution >= 4 is 17.6 Å². The summed E-state index contributed by atoms with van der Waals surface area (Å²) < 4.78 is 18.5. The van der Waals surface area contributed by atoms with Crippen molar-refractivity contribution < 1.29 is 19.0 Å². The van der Waals surface area contributed by atoms with E-state index in [4.69, 9.17) is 21.4 Å². The smallest absolute Gasteiger partial charge is 0.303 e. The van der Waals surface area contributed by atoms with Gasteiger partial charge in [0.1, 0.15) is 17.3 Å². The van der Waals surface area contributed by atoms with Crippen LogP contribution in [0.5, 0.6) is 11.5 Å². The molecule has 0 heterocycles. The van der Waals surface area contributed by atoms with Crippen LogP contribution in [0.3, 0.4) is 0 Å². The predicted octanol–water partition coefficient (Wildman–Crippen LogP) is 4.29. The zero-order valence-electron chi connectivity index (χ0n) is 10.5. The molecule has 0 aromatic heterocycles. The normalized spacial score (nSPS) is 10.3. The summed E-state index contributed by atoms with van der Waals surface area (Å²) in [5.74, 6) is -0.309. The van der Waals surface area contributed by atoms with Crippen LogP contribution in [0.2, 0.25) is 5.02 Å². The zero-order valence-corrected chi connectivity index (χ0v) is 11.2. The molecular weight excluding hydrogens is 283 g/mol. The van der Waals surface area contributed by atoms with Crippen molar-refractivity contribution in [2.45, 2.75) is 12.8 Å². The van der Waals surface area contributed by atoms with Crippen molar-refractivity contribution in [2.24, 2.45) is 0 Å². The highest BCUT2D eigenvalue weighted by atomic mass is 35.5. The van der Waals surface area contributed by atoms with Gasteiger partial charge in [-0.3, -0.25) is 4.79 Å². The van der Waals surface area contributed by atoms with E-state index in [1.54, 1.807) is 24.3 Å². The lowest BCUT2D eigenvalue weighted by Crippen LogP contribution is -1.97. The van der Waals surface area contributed by atoms with Gasteiger partial charge in [-0.05, 0) is 36.2 Å². The van der Waals surface area contributed by atoms with E-state index in [0.717, 1.165) is 5.56 Å². The SMILES string of the molecule is O=C(O)CCc1ccc(Oc2ccc(F)c(Cl)c2)cc1. The maximum absolute atomic E-state index is 13.0. The molecule has 0 aliphatic rings. The molecule has 5 heteroatoms. The van der Waals surface area contributed by atoms with E-state index in [1.165, 1.54) is 18.2 Å². The molecule has 104 valence electrons. The fourth-order valence-electron chi connectivity index (χ4n) is 1.65. The van der Waals surface area contributed by atoms with E-state index in [0.29, 0.717) is 17.9 Å². The summed E-state index contributed by atoms with van der Waals surface area (Å²) in [6, 6.07) is 11.2. The van der Waals surface area contributed by atoms with Gasteiger partial charge in [-0.15, -0.1) is 0 Å². The third kappa shape index (κ3) is 3.96. The van der Waals surface area contributed by atoms with Gasteiger partial charge >= 0.3 is 5.97 Å². The molecule has 2 aromatic rings. The fraction of sp³-hybridized carbons (Fsp3) is 0.133. The molecule has 20 heavy (non-hydrogen) atoms. The molecule has 0 saturated heterocycles. The lowest BCUT2D eigenvalue weighted by Gasteiger charge is -2.07. The fourth-order valence-corrected chi connectivity index (χ4v) is 1.82. The minimum atomic E-state index is -0.828. The van der Waals surface area contributed by atoms with E-state index in [9.17, 15) is 9.18 Å². The van der Waals surface area contributed by atoms with Crippen molar-refractivity contribution in [3.8, 4) is 11.5 Å². The minimum Gasteiger partial charge on any atom is -0.481 e. The Balaban J connectivity index is 2.02. The molecule has 0 radical (unpaired) electrons. The molecular formula is C15H12ClFO3. The van der Waals surface area contributed by atoms with E-state index in [1.807, 2.05) is 0 Å². The first-order valence-corrected chi connectivity index (χ1v) is 6.36. The summed E-state index contributed by atoms with van der Waals surface area (Å²) in [6.07, 6.45) is 0.561. The molecule has 0 spiro atoms. The Kier molecular flexibility index (Phi) is 4.58. The summed E-state index contributed by atoms with van der Waals surface area (Å²) in [5, 5.41) is 8.61. The topological polar surface area (TPSA) is 46.5 Å². The molecule has 0 atom stereocenters. The Morgan fingerprint density at radius 1 is 1.15 bits per heavy atom. The molecule has 0 unspecified atom stereocenters. The Labute approximate surface area is 120 Å². The van der Waals surface area contributed by atoms with Gasteiger partial charge in [-0.1, -0.05) is 23.7 Å². The Morgan fingerprint density at radius 3 is 2.40 bits per heavy atom. The average molecular weight is 295 g/mol. The third-order valence-electron chi connectivity index (χ3n) is 2.68. The van der Waals surface area contributed by atoms with Crippen molar-refractivity contribution in [1.82, 2.24) is 0 Å². The van der Waals surface area contributed by atoms with Crippen LogP contribution in [0.4, 0.5) is 4.39 Å². The van der Waals surface area contributed by atoms with Gasteiger partial charge in [0.25, 0.3) is 0 Å². The van der Waals surface area contributed by atoms with Crippen LogP contribution in [0.1, 0.15) is 12.0 Å². The second-order valence-corrected chi connectivity index (χ2v) is 4.62. The Hall–Kier alpha value is -2.07. The number of halogens is 2. The number of rotatable bonds is 5. The van der Waals surface area contributed by atoms with E-state index in [2.05, 4.69) is 0 Å². The monoisotopic (exact) mass is 294 g/mol. The lowest BCUT2D eigenvalue weighted by molar-refractivity contribution is -0.136. The third-order valence-corrected chi connectivity index (χ3v) is 2.97. The number of benzene rings is 2. The van der Waals surface area contributed by atoms with Crippen LogP contribution < -0.4 is 4.74 Å². The quantitative estimate of drug-likeness (QED) is 0.895. The van der Waals surface area contributed by atoms with Gasteiger partial charge in [0.2, 0.25) is 0 Å². The highest BCUT2D eigenvalue weighted by Crippen LogP contribution is 2.26. The van der Waals surface area contributed by atoms with Crippen molar-refractivity contribution in [3.05, 3.63) is 58.9 Å². The first-order valence-electron chi connectivity index (χ1n) is 5.98. The van der Waals surface area contributed by atoms with Gasteiger partial charge < -0.3 is 9.84 Å². The lowest BCUT2D eigenvalue weighted by atomic mass is 10.1. The molecule has 2 aromatic carbocycles. The first-order chi connectivity index (χ1) is 9.54. The van der Waals surface area contributed by atoms with Crippen molar-refractivity contribution in [2.75, 3.05) is 0 Å². The van der Waals surface area contributed by atoms with Crippen LogP contribution >= 0.6 is 11.6 Å². The predicted molar refractivity (Wildman–Crippen MR) is 73.9 cm³/mol. The van der Waals surface area contributed by atoms with Gasteiger partial charge in [0, 0.05) is 12.5 Å². The molecule has 3 nitrogen and oxygen atoms in total. The maximum Gasteiger partial charge on any atom is 0.303 e. The highest BCUT2D eigenvalue weighted by Gasteiger charge is 2.04.